The fourth-order valence-electron chi connectivity index (χ4n) is 2.36. The Morgan fingerprint density at radius 1 is 1.14 bits per heavy atom. The summed E-state index contributed by atoms with van der Waals surface area (Å²) in [4.78, 5) is 23.9. The van der Waals surface area contributed by atoms with Gasteiger partial charge in [0, 0.05) is 23.3 Å². The average Bonchev–Trinajstić information content (AvgIpc) is 2.95. The van der Waals surface area contributed by atoms with E-state index in [1.807, 2.05) is 36.4 Å². The first-order valence-corrected chi connectivity index (χ1v) is 6.75. The van der Waals surface area contributed by atoms with Crippen LogP contribution in [0.25, 0.3) is 21.9 Å². The molecular formula is C16H11N5O. The lowest BCUT2D eigenvalue weighted by atomic mass is 10.2. The van der Waals surface area contributed by atoms with Crippen molar-refractivity contribution in [3.8, 4) is 0 Å². The third kappa shape index (κ3) is 1.98. The van der Waals surface area contributed by atoms with Crippen molar-refractivity contribution in [1.29, 1.82) is 0 Å². The molecule has 4 rings (SSSR count). The van der Waals surface area contributed by atoms with E-state index in [9.17, 15) is 4.79 Å². The summed E-state index contributed by atoms with van der Waals surface area (Å²) >= 11 is 0. The van der Waals surface area contributed by atoms with Crippen molar-refractivity contribution in [2.45, 2.75) is 0 Å². The highest BCUT2D eigenvalue weighted by Gasteiger charge is 2.09. The Morgan fingerprint density at radius 2 is 1.95 bits per heavy atom. The molecule has 1 N–H and O–H groups in total. The Labute approximate surface area is 124 Å². The Kier molecular flexibility index (Phi) is 2.79. The number of aromatic nitrogens is 4. The van der Waals surface area contributed by atoms with Crippen molar-refractivity contribution in [1.82, 2.24) is 19.6 Å². The number of fused-ring (bicyclic) bond motifs is 3. The Morgan fingerprint density at radius 3 is 2.82 bits per heavy atom. The predicted octanol–water partition coefficient (Wildman–Crippen LogP) is 2.16. The van der Waals surface area contributed by atoms with Crippen LogP contribution < -0.4 is 5.56 Å². The maximum atomic E-state index is 12.5. The van der Waals surface area contributed by atoms with E-state index < -0.39 is 0 Å². The number of rotatable bonds is 2. The monoisotopic (exact) mass is 289 g/mol. The Hall–Kier alpha value is -3.28. The first-order chi connectivity index (χ1) is 10.8. The van der Waals surface area contributed by atoms with Crippen LogP contribution in [0.15, 0.2) is 65.0 Å². The van der Waals surface area contributed by atoms with E-state index in [0.717, 1.165) is 16.5 Å². The molecule has 1 aromatic carbocycles. The molecule has 0 atom stereocenters. The second-order valence-corrected chi connectivity index (χ2v) is 4.81. The van der Waals surface area contributed by atoms with Gasteiger partial charge in [-0.05, 0) is 23.8 Å². The van der Waals surface area contributed by atoms with Crippen LogP contribution in [-0.4, -0.2) is 25.8 Å². The van der Waals surface area contributed by atoms with Gasteiger partial charge in [0.25, 0.3) is 5.56 Å². The summed E-state index contributed by atoms with van der Waals surface area (Å²) in [5, 5.41) is 5.10. The van der Waals surface area contributed by atoms with Crippen molar-refractivity contribution in [3.05, 3.63) is 71.0 Å². The molecule has 3 aromatic heterocycles. The van der Waals surface area contributed by atoms with Gasteiger partial charge in [-0.2, -0.15) is 9.78 Å². The summed E-state index contributed by atoms with van der Waals surface area (Å²) in [5.74, 6) is 0. The van der Waals surface area contributed by atoms with E-state index in [1.54, 1.807) is 18.6 Å². The molecule has 22 heavy (non-hydrogen) atoms. The molecule has 0 spiro atoms. The number of hydrogen-bond donors (Lipinski definition) is 1. The molecule has 0 aliphatic carbocycles. The van der Waals surface area contributed by atoms with Gasteiger partial charge in [-0.3, -0.25) is 9.78 Å². The van der Waals surface area contributed by atoms with E-state index in [1.165, 1.54) is 11.0 Å². The average molecular weight is 289 g/mol. The third-order valence-electron chi connectivity index (χ3n) is 3.43. The van der Waals surface area contributed by atoms with Gasteiger partial charge in [0.05, 0.1) is 6.21 Å². The molecule has 6 heteroatoms. The Balaban J connectivity index is 1.86. The SMILES string of the molecule is O=c1c2[nH]c3ccccc3c2ncn1/N=C\c1ccncc1. The van der Waals surface area contributed by atoms with Crippen LogP contribution in [0.5, 0.6) is 0 Å². The maximum Gasteiger partial charge on any atom is 0.298 e. The van der Waals surface area contributed by atoms with E-state index in [-0.39, 0.29) is 5.56 Å². The molecule has 0 saturated heterocycles. The normalized spacial score (nSPS) is 11.6. The fourth-order valence-corrected chi connectivity index (χ4v) is 2.36. The smallest absolute Gasteiger partial charge is 0.298 e. The molecule has 6 nitrogen and oxygen atoms in total. The zero-order valence-corrected chi connectivity index (χ0v) is 11.5. The molecule has 0 fully saturated rings. The summed E-state index contributed by atoms with van der Waals surface area (Å²) in [5.41, 5.74) is 2.63. The highest BCUT2D eigenvalue weighted by Crippen LogP contribution is 2.20. The zero-order valence-electron chi connectivity index (χ0n) is 11.5. The van der Waals surface area contributed by atoms with Gasteiger partial charge in [0.15, 0.2) is 0 Å². The summed E-state index contributed by atoms with van der Waals surface area (Å²) in [6.45, 7) is 0. The fraction of sp³-hybridized carbons (Fsp3) is 0. The molecule has 0 saturated carbocycles. The van der Waals surface area contributed by atoms with Crippen molar-refractivity contribution in [2.75, 3.05) is 0 Å². The number of hydrogen-bond acceptors (Lipinski definition) is 4. The maximum absolute atomic E-state index is 12.5. The molecule has 3 heterocycles. The molecule has 4 aromatic rings. The summed E-state index contributed by atoms with van der Waals surface area (Å²) in [6.07, 6.45) is 6.37. The number of aromatic amines is 1. The van der Waals surface area contributed by atoms with Gasteiger partial charge in [-0.1, -0.05) is 18.2 Å². The second kappa shape index (κ2) is 4.92. The number of nitrogens with one attached hydrogen (secondary N) is 1. The molecule has 0 bridgehead atoms. The van der Waals surface area contributed by atoms with Crippen molar-refractivity contribution >= 4 is 28.2 Å². The van der Waals surface area contributed by atoms with Crippen LogP contribution >= 0.6 is 0 Å². The minimum Gasteiger partial charge on any atom is -0.349 e. The van der Waals surface area contributed by atoms with Gasteiger partial charge in [-0.25, -0.2) is 4.98 Å². The second-order valence-electron chi connectivity index (χ2n) is 4.81. The quantitative estimate of drug-likeness (QED) is 0.574. The van der Waals surface area contributed by atoms with Gasteiger partial charge >= 0.3 is 0 Å². The van der Waals surface area contributed by atoms with Crippen LogP contribution in [-0.2, 0) is 0 Å². The van der Waals surface area contributed by atoms with Crippen LogP contribution in [0.3, 0.4) is 0 Å². The van der Waals surface area contributed by atoms with Crippen molar-refractivity contribution in [3.63, 3.8) is 0 Å². The van der Waals surface area contributed by atoms with Gasteiger partial charge in [-0.15, -0.1) is 0 Å². The standard InChI is InChI=1S/C16H11N5O/c22-16-15-14(12-3-1-2-4-13(12)20-15)18-10-21(16)19-9-11-5-7-17-8-6-11/h1-10,20H/b19-9-. The zero-order chi connectivity index (χ0) is 14.9. The molecule has 0 amide bonds. The van der Waals surface area contributed by atoms with Gasteiger partial charge in [0.2, 0.25) is 0 Å². The van der Waals surface area contributed by atoms with Crippen molar-refractivity contribution < 1.29 is 0 Å². The summed E-state index contributed by atoms with van der Waals surface area (Å²) in [7, 11) is 0. The van der Waals surface area contributed by atoms with Gasteiger partial charge in [0.1, 0.15) is 17.4 Å². The largest absolute Gasteiger partial charge is 0.349 e. The van der Waals surface area contributed by atoms with E-state index in [2.05, 4.69) is 20.1 Å². The lowest BCUT2D eigenvalue weighted by molar-refractivity contribution is 0.815. The summed E-state index contributed by atoms with van der Waals surface area (Å²) in [6, 6.07) is 11.3. The molecule has 106 valence electrons. The number of benzene rings is 1. The highest BCUT2D eigenvalue weighted by molar-refractivity contribution is 6.04. The molecule has 0 unspecified atom stereocenters. The first-order valence-electron chi connectivity index (χ1n) is 6.75. The lowest BCUT2D eigenvalue weighted by Crippen LogP contribution is -2.17. The van der Waals surface area contributed by atoms with E-state index in [0.29, 0.717) is 11.0 Å². The number of nitrogens with zero attached hydrogens (tertiary/aromatic N) is 4. The highest BCUT2D eigenvalue weighted by atomic mass is 16.1. The number of para-hydroxylation sites is 1. The van der Waals surface area contributed by atoms with Crippen LogP contribution in [0.4, 0.5) is 0 Å². The minimum atomic E-state index is -0.230. The van der Waals surface area contributed by atoms with Crippen molar-refractivity contribution in [2.24, 2.45) is 5.10 Å². The molecule has 0 radical (unpaired) electrons. The topological polar surface area (TPSA) is 75.9 Å². The molecule has 0 aliphatic heterocycles. The third-order valence-corrected chi connectivity index (χ3v) is 3.43. The lowest BCUT2D eigenvalue weighted by Gasteiger charge is -1.97. The van der Waals surface area contributed by atoms with Crippen LogP contribution in [0, 0.1) is 0 Å². The Bertz CT molecular complexity index is 1050. The van der Waals surface area contributed by atoms with Gasteiger partial charge < -0.3 is 4.98 Å². The number of pyridine rings is 1. The predicted molar refractivity (Wildman–Crippen MR) is 85.1 cm³/mol. The van der Waals surface area contributed by atoms with E-state index in [4.69, 9.17) is 0 Å². The van der Waals surface area contributed by atoms with E-state index >= 15 is 0 Å². The number of H-pyrrole nitrogens is 1. The molecular weight excluding hydrogens is 278 g/mol. The van der Waals surface area contributed by atoms with Crippen LogP contribution in [0.2, 0.25) is 0 Å². The first kappa shape index (κ1) is 12.5. The molecule has 0 aliphatic rings. The summed E-state index contributed by atoms with van der Waals surface area (Å²) < 4.78 is 1.22. The minimum absolute atomic E-state index is 0.230. The van der Waals surface area contributed by atoms with Crippen LogP contribution in [0.1, 0.15) is 5.56 Å².